The minimum Gasteiger partial charge on any atom is -0.497 e. The molecule has 3 aromatic rings. The Labute approximate surface area is 121 Å². The summed E-state index contributed by atoms with van der Waals surface area (Å²) in [7, 11) is 2.99. The van der Waals surface area contributed by atoms with Crippen LogP contribution >= 0.6 is 0 Å². The van der Waals surface area contributed by atoms with Gasteiger partial charge in [-0.3, -0.25) is 4.40 Å². The molecule has 2 aromatic heterocycles. The second kappa shape index (κ2) is 5.28. The van der Waals surface area contributed by atoms with Crippen molar-refractivity contribution in [2.24, 2.45) is 0 Å². The van der Waals surface area contributed by atoms with E-state index < -0.39 is 0 Å². The SMILES string of the molecule is COC(=O)c1cccn2c(-c3cccc(OC)c3)ncc12. The van der Waals surface area contributed by atoms with Crippen molar-refractivity contribution < 1.29 is 14.3 Å². The van der Waals surface area contributed by atoms with Crippen LogP contribution in [0.2, 0.25) is 0 Å². The van der Waals surface area contributed by atoms with Gasteiger partial charge >= 0.3 is 5.97 Å². The molecule has 0 aliphatic rings. The Balaban J connectivity index is 2.18. The van der Waals surface area contributed by atoms with E-state index in [9.17, 15) is 4.79 Å². The number of esters is 1. The number of imidazole rings is 1. The first kappa shape index (κ1) is 13.2. The number of rotatable bonds is 3. The highest BCUT2D eigenvalue weighted by molar-refractivity contribution is 5.97. The van der Waals surface area contributed by atoms with Gasteiger partial charge in [0.25, 0.3) is 0 Å². The van der Waals surface area contributed by atoms with E-state index >= 15 is 0 Å². The second-order valence-corrected chi connectivity index (χ2v) is 4.48. The lowest BCUT2D eigenvalue weighted by Gasteiger charge is -2.06. The third kappa shape index (κ3) is 2.23. The Kier molecular flexibility index (Phi) is 3.31. The predicted octanol–water partition coefficient (Wildman–Crippen LogP) is 2.80. The van der Waals surface area contributed by atoms with Crippen molar-refractivity contribution in [2.75, 3.05) is 14.2 Å². The van der Waals surface area contributed by atoms with Crippen LogP contribution in [-0.4, -0.2) is 29.6 Å². The maximum Gasteiger partial charge on any atom is 0.340 e. The number of pyridine rings is 1. The normalized spacial score (nSPS) is 10.6. The number of carbonyl (C=O) groups excluding carboxylic acids is 1. The topological polar surface area (TPSA) is 52.8 Å². The molecule has 0 saturated heterocycles. The van der Waals surface area contributed by atoms with Crippen molar-refractivity contribution in [3.63, 3.8) is 0 Å². The molecule has 0 bridgehead atoms. The number of nitrogens with zero attached hydrogens (tertiary/aromatic N) is 2. The van der Waals surface area contributed by atoms with Crippen LogP contribution in [-0.2, 0) is 4.74 Å². The summed E-state index contributed by atoms with van der Waals surface area (Å²) in [5, 5.41) is 0. The zero-order valence-corrected chi connectivity index (χ0v) is 11.7. The van der Waals surface area contributed by atoms with Crippen molar-refractivity contribution in [3.05, 3.63) is 54.4 Å². The second-order valence-electron chi connectivity index (χ2n) is 4.48. The Morgan fingerprint density at radius 3 is 2.81 bits per heavy atom. The van der Waals surface area contributed by atoms with Gasteiger partial charge in [-0.05, 0) is 24.3 Å². The van der Waals surface area contributed by atoms with Crippen LogP contribution < -0.4 is 4.74 Å². The predicted molar refractivity (Wildman–Crippen MR) is 78.5 cm³/mol. The van der Waals surface area contributed by atoms with Crippen molar-refractivity contribution in [1.29, 1.82) is 0 Å². The summed E-state index contributed by atoms with van der Waals surface area (Å²) in [4.78, 5) is 16.2. The summed E-state index contributed by atoms with van der Waals surface area (Å²) >= 11 is 0. The van der Waals surface area contributed by atoms with E-state index in [1.807, 2.05) is 34.9 Å². The fourth-order valence-electron chi connectivity index (χ4n) is 2.28. The van der Waals surface area contributed by atoms with E-state index in [4.69, 9.17) is 9.47 Å². The fraction of sp³-hybridized carbons (Fsp3) is 0.125. The van der Waals surface area contributed by atoms with Gasteiger partial charge in [-0.25, -0.2) is 9.78 Å². The molecular formula is C16H14N2O3. The first-order chi connectivity index (χ1) is 10.2. The molecule has 1 aromatic carbocycles. The maximum absolute atomic E-state index is 11.8. The monoisotopic (exact) mass is 282 g/mol. The number of aromatic nitrogens is 2. The number of methoxy groups -OCH3 is 2. The van der Waals surface area contributed by atoms with E-state index in [0.29, 0.717) is 11.1 Å². The molecule has 0 spiro atoms. The van der Waals surface area contributed by atoms with Crippen LogP contribution in [0, 0.1) is 0 Å². The zero-order chi connectivity index (χ0) is 14.8. The average Bonchev–Trinajstić information content (AvgIpc) is 2.98. The average molecular weight is 282 g/mol. The first-order valence-corrected chi connectivity index (χ1v) is 6.43. The highest BCUT2D eigenvalue weighted by atomic mass is 16.5. The number of carbonyl (C=O) groups is 1. The van der Waals surface area contributed by atoms with Crippen LogP contribution in [0.3, 0.4) is 0 Å². The standard InChI is InChI=1S/C16H14N2O3/c1-20-12-6-3-5-11(9-12)15-17-10-14-13(16(19)21-2)7-4-8-18(14)15/h3-10H,1-2H3. The number of hydrogen-bond donors (Lipinski definition) is 0. The van der Waals surface area contributed by atoms with Crippen LogP contribution in [0.15, 0.2) is 48.8 Å². The molecule has 0 aliphatic carbocycles. The molecule has 0 fully saturated rings. The van der Waals surface area contributed by atoms with Gasteiger partial charge in [-0.15, -0.1) is 0 Å². The van der Waals surface area contributed by atoms with Gasteiger partial charge in [0.05, 0.1) is 31.5 Å². The Morgan fingerprint density at radius 1 is 1.19 bits per heavy atom. The van der Waals surface area contributed by atoms with E-state index in [1.54, 1.807) is 25.4 Å². The molecule has 106 valence electrons. The lowest BCUT2D eigenvalue weighted by molar-refractivity contribution is 0.0602. The van der Waals surface area contributed by atoms with Crippen molar-refractivity contribution in [2.45, 2.75) is 0 Å². The molecule has 5 heteroatoms. The molecule has 0 radical (unpaired) electrons. The molecule has 0 saturated carbocycles. The highest BCUT2D eigenvalue weighted by Crippen LogP contribution is 2.25. The quantitative estimate of drug-likeness (QED) is 0.693. The Morgan fingerprint density at radius 2 is 2.05 bits per heavy atom. The van der Waals surface area contributed by atoms with Gasteiger partial charge in [-0.2, -0.15) is 0 Å². The van der Waals surface area contributed by atoms with Gasteiger partial charge in [0.1, 0.15) is 11.6 Å². The van der Waals surface area contributed by atoms with E-state index in [1.165, 1.54) is 7.11 Å². The van der Waals surface area contributed by atoms with E-state index in [-0.39, 0.29) is 5.97 Å². The Hall–Kier alpha value is -2.82. The number of hydrogen-bond acceptors (Lipinski definition) is 4. The summed E-state index contributed by atoms with van der Waals surface area (Å²) in [5.41, 5.74) is 2.11. The van der Waals surface area contributed by atoms with Crippen LogP contribution in [0.1, 0.15) is 10.4 Å². The minimum atomic E-state index is -0.377. The summed E-state index contributed by atoms with van der Waals surface area (Å²) in [6, 6.07) is 11.1. The lowest BCUT2D eigenvalue weighted by Crippen LogP contribution is -2.03. The smallest absolute Gasteiger partial charge is 0.340 e. The third-order valence-corrected chi connectivity index (χ3v) is 3.30. The molecule has 5 nitrogen and oxygen atoms in total. The number of fused-ring (bicyclic) bond motifs is 1. The third-order valence-electron chi connectivity index (χ3n) is 3.30. The summed E-state index contributed by atoms with van der Waals surface area (Å²) < 4.78 is 11.9. The molecule has 3 rings (SSSR count). The summed E-state index contributed by atoms with van der Waals surface area (Å²) in [6.07, 6.45) is 3.53. The van der Waals surface area contributed by atoms with Crippen molar-refractivity contribution in [3.8, 4) is 17.1 Å². The molecule has 0 N–H and O–H groups in total. The van der Waals surface area contributed by atoms with Gasteiger partial charge < -0.3 is 9.47 Å². The first-order valence-electron chi connectivity index (χ1n) is 6.43. The van der Waals surface area contributed by atoms with E-state index in [0.717, 1.165) is 17.1 Å². The molecular weight excluding hydrogens is 268 g/mol. The maximum atomic E-state index is 11.8. The van der Waals surface area contributed by atoms with Crippen molar-refractivity contribution in [1.82, 2.24) is 9.38 Å². The van der Waals surface area contributed by atoms with Crippen LogP contribution in [0.4, 0.5) is 0 Å². The van der Waals surface area contributed by atoms with E-state index in [2.05, 4.69) is 4.98 Å². The van der Waals surface area contributed by atoms with Gasteiger partial charge in [0.2, 0.25) is 0 Å². The minimum absolute atomic E-state index is 0.377. The molecule has 21 heavy (non-hydrogen) atoms. The van der Waals surface area contributed by atoms with Crippen LogP contribution in [0.5, 0.6) is 5.75 Å². The number of ether oxygens (including phenoxy) is 2. The molecule has 0 unspecified atom stereocenters. The van der Waals surface area contributed by atoms with Gasteiger partial charge in [0, 0.05) is 11.8 Å². The number of benzene rings is 1. The summed E-state index contributed by atoms with van der Waals surface area (Å²) in [6.45, 7) is 0. The molecule has 0 atom stereocenters. The molecule has 0 aliphatic heterocycles. The van der Waals surface area contributed by atoms with Gasteiger partial charge in [-0.1, -0.05) is 12.1 Å². The Bertz CT molecular complexity index is 808. The molecule has 2 heterocycles. The fourth-order valence-corrected chi connectivity index (χ4v) is 2.28. The zero-order valence-electron chi connectivity index (χ0n) is 11.7. The highest BCUT2D eigenvalue weighted by Gasteiger charge is 2.14. The van der Waals surface area contributed by atoms with Crippen LogP contribution in [0.25, 0.3) is 16.9 Å². The van der Waals surface area contributed by atoms with Gasteiger partial charge in [0.15, 0.2) is 0 Å². The van der Waals surface area contributed by atoms with Crippen molar-refractivity contribution >= 4 is 11.5 Å². The largest absolute Gasteiger partial charge is 0.497 e. The summed E-state index contributed by atoms with van der Waals surface area (Å²) in [5.74, 6) is 1.13. The molecule has 0 amide bonds. The lowest BCUT2D eigenvalue weighted by atomic mass is 10.2.